The zero-order chi connectivity index (χ0) is 98.6. The number of terminal acetylenes is 1. The zero-order valence-corrected chi connectivity index (χ0v) is 76.5. The van der Waals surface area contributed by atoms with Crippen LogP contribution in [0.2, 0.25) is 0 Å². The van der Waals surface area contributed by atoms with Gasteiger partial charge >= 0.3 is 42.8 Å². The standard InChI is InChI=1S/C18H12F8O5.C18H23F3N2O5S.C14H20N2O2S.C12H22N2O3.C7H10N2.C6H5ClO2S.C6H15N.C2HF3O2.C2H2/c1-28-9-4-2-8(3-5-9)6-29-7-10(18(24,25)26)30-17(27)31-16-14(22)12(20)11(19)13(21)15(16)23;19-18(20,21)15(12-24)28-16(25)22-9-6-17(7-10-22)8-11-23(13-17)29(26,27)14-4-2-1-3-5-14;17-19(18,13-4-2-1-3-5-13)16-11-8-14(12-16)6-9-15-10-7-14;1-11(2,3)17-10(15)14-6-4-12(5-7-14)8-13-9-16-12;1-9(2)7-3-5-8-6-4-7;7-10(8,9)6-4-2-1-3-5-6;1-4-7(5-2)6-3;3-2(4,5)1(6)7;1-2/h2-5,10H,6-7H2,1H3;1-5,15,24H,6-13H2;1-5,15H,6-12H2;13H,4-9H2,1-3H3;3-6H,1-2H3;1-5H;4-6H2,1-3H3;(H,6,7);1-2H/t10-;15-;;;;;;;/m11......./s1. The molecule has 7 heterocycles. The van der Waals surface area contributed by atoms with Crippen molar-refractivity contribution >= 4 is 69.8 Å². The SMILES string of the molecule is C#C.CC(C)(C)OC(=O)N1CCC2(CC1)CNCO2.CCN(CC)CC.CN(C)c1ccncc1.COc1ccc(COC[C@@H](OC(=O)Oc2c(F)c(F)c(F)c(F)c2F)C(F)(F)F)cc1.O=C(O)C(F)(F)F.O=C(O[C@H](CO)C(F)(F)F)N1CCC2(CC1)CCN(S(=O)(=O)c1ccccc1)C2.O=S(=O)(Cl)c1ccccc1.O=S(=O)(c1ccccc1)N1CCC2(CCNCC2)C1. The first-order chi connectivity index (χ1) is 61.2. The number of aromatic nitrogens is 1. The molecule has 5 aromatic carbocycles. The molecule has 131 heavy (non-hydrogen) atoms. The van der Waals surface area contributed by atoms with Crippen LogP contribution in [0.4, 0.5) is 81.5 Å². The number of anilines is 1. The van der Waals surface area contributed by atoms with Crippen molar-refractivity contribution in [3.05, 3.63) is 174 Å². The normalized spacial score (nSPS) is 16.9. The number of carboxylic acids is 1. The van der Waals surface area contributed by atoms with Gasteiger partial charge < -0.3 is 68.3 Å². The number of aliphatic hydroxyl groups is 1. The molecule has 4 N–H and O–H groups in total. The highest BCUT2D eigenvalue weighted by Gasteiger charge is 2.50. The smallest absolute Gasteiger partial charge is 0.497 e. The van der Waals surface area contributed by atoms with Crippen LogP contribution in [-0.4, -0.2) is 263 Å². The van der Waals surface area contributed by atoms with Gasteiger partial charge in [0.05, 0.1) is 53.9 Å². The van der Waals surface area contributed by atoms with Crippen molar-refractivity contribution < 1.29 is 149 Å². The lowest BCUT2D eigenvalue weighted by molar-refractivity contribution is -0.221. The highest BCUT2D eigenvalue weighted by atomic mass is 35.7. The maximum Gasteiger partial charge on any atom is 0.514 e. The van der Waals surface area contributed by atoms with Gasteiger partial charge in [-0.2, -0.15) is 56.9 Å². The number of benzene rings is 5. The largest absolute Gasteiger partial charge is 0.514 e. The Morgan fingerprint density at radius 3 is 1.34 bits per heavy atom. The van der Waals surface area contributed by atoms with Crippen LogP contribution in [0.15, 0.2) is 154 Å². The number of likely N-dealkylation sites (tertiary alicyclic amines) is 2. The Balaban J connectivity index is 0.000000330. The molecule has 28 nitrogen and oxygen atoms in total. The summed E-state index contributed by atoms with van der Waals surface area (Å²) in [6, 6.07) is 34.7. The monoisotopic (exact) mass is 1960 g/mol. The van der Waals surface area contributed by atoms with Gasteiger partial charge in [-0.1, -0.05) is 87.5 Å². The maximum absolute atomic E-state index is 13.5. The fourth-order valence-electron chi connectivity index (χ4n) is 13.3. The van der Waals surface area contributed by atoms with Gasteiger partial charge in [0.2, 0.25) is 67.1 Å². The summed E-state index contributed by atoms with van der Waals surface area (Å²) in [5.41, 5.74) is 1.07. The molecule has 6 aromatic rings. The molecule has 0 unspecified atom stereocenters. The minimum absolute atomic E-state index is 0.0431. The number of rotatable bonds is 18. The van der Waals surface area contributed by atoms with E-state index in [9.17, 15) is 101 Å². The van der Waals surface area contributed by atoms with E-state index in [1.54, 1.807) is 82.3 Å². The second-order valence-corrected chi connectivity index (χ2v) is 37.5. The number of aliphatic hydroxyl groups excluding tert-OH is 1. The molecule has 0 aliphatic carbocycles. The van der Waals surface area contributed by atoms with Crippen LogP contribution in [0.25, 0.3) is 0 Å². The van der Waals surface area contributed by atoms with Crippen molar-refractivity contribution in [1.82, 2.24) is 38.9 Å². The van der Waals surface area contributed by atoms with Crippen molar-refractivity contribution in [3.63, 3.8) is 0 Å². The Morgan fingerprint density at radius 2 is 0.985 bits per heavy atom. The quantitative estimate of drug-likeness (QED) is 0.00907. The van der Waals surface area contributed by atoms with E-state index in [0.29, 0.717) is 68.4 Å². The van der Waals surface area contributed by atoms with Crippen LogP contribution >= 0.6 is 10.7 Å². The number of methoxy groups -OCH3 is 1. The second-order valence-electron chi connectivity index (χ2n) is 31.0. The summed E-state index contributed by atoms with van der Waals surface area (Å²) in [5, 5.41) is 22.5. The summed E-state index contributed by atoms with van der Waals surface area (Å²) in [6.45, 7) is 20.2. The van der Waals surface area contributed by atoms with Crippen molar-refractivity contribution in [2.45, 2.75) is 156 Å². The van der Waals surface area contributed by atoms with E-state index in [1.807, 2.05) is 58.0 Å². The second kappa shape index (κ2) is 52.3. The zero-order valence-electron chi connectivity index (χ0n) is 73.3. The molecule has 6 fully saturated rings. The minimum atomic E-state index is -5.20. The van der Waals surface area contributed by atoms with Crippen molar-refractivity contribution in [3.8, 4) is 24.3 Å². The lowest BCUT2D eigenvalue weighted by atomic mass is 9.78. The number of carbonyl (C=O) groups excluding carboxylic acids is 3. The first-order valence-corrected chi connectivity index (χ1v) is 45.8. The van der Waals surface area contributed by atoms with Crippen LogP contribution in [0.5, 0.6) is 11.5 Å². The van der Waals surface area contributed by atoms with E-state index >= 15 is 0 Å². The number of hydrogen-bond acceptors (Lipinski definition) is 23. The molecule has 3 spiro atoms. The third-order valence-electron chi connectivity index (χ3n) is 20.8. The van der Waals surface area contributed by atoms with Gasteiger partial charge in [0, 0.05) is 102 Å². The summed E-state index contributed by atoms with van der Waals surface area (Å²) in [4.78, 5) is 56.3. The Morgan fingerprint density at radius 1 is 0.573 bits per heavy atom. The Kier molecular flexibility index (Phi) is 45.4. The molecule has 6 saturated heterocycles. The minimum Gasteiger partial charge on any atom is -0.497 e. The van der Waals surface area contributed by atoms with Crippen LogP contribution in [0.3, 0.4) is 0 Å². The highest BCUT2D eigenvalue weighted by molar-refractivity contribution is 8.13. The van der Waals surface area contributed by atoms with Crippen LogP contribution in [-0.2, 0) is 64.2 Å². The summed E-state index contributed by atoms with van der Waals surface area (Å²) >= 11 is 0. The number of carbonyl (C=O) groups is 4. The van der Waals surface area contributed by atoms with E-state index in [1.165, 1.54) is 90.2 Å². The van der Waals surface area contributed by atoms with Gasteiger partial charge in [-0.25, -0.2) is 57.6 Å². The van der Waals surface area contributed by atoms with E-state index in [2.05, 4.69) is 68.3 Å². The highest BCUT2D eigenvalue weighted by Crippen LogP contribution is 2.44. The summed E-state index contributed by atoms with van der Waals surface area (Å²) < 4.78 is 283. The number of nitrogens with one attached hydrogen (secondary N) is 2. The molecular formula is C85H110ClF14N9O19S3. The summed E-state index contributed by atoms with van der Waals surface area (Å²) in [7, 11) is 0.0184. The average molecular weight is 1960 g/mol. The topological polar surface area (TPSA) is 332 Å². The number of amides is 2. The first-order valence-electron chi connectivity index (χ1n) is 40.6. The number of carboxylic acid groups (broad SMARTS) is 1. The van der Waals surface area contributed by atoms with Gasteiger partial charge in [0.25, 0.3) is 9.05 Å². The number of ether oxygens (including phenoxy) is 7. The maximum atomic E-state index is 13.5. The fraction of sp³-hybridized carbons (Fsp3) is 0.518. The Labute approximate surface area is 757 Å². The van der Waals surface area contributed by atoms with Crippen LogP contribution in [0, 0.1) is 52.8 Å². The summed E-state index contributed by atoms with van der Waals surface area (Å²) in [6.07, 6.45) is -6.22. The van der Waals surface area contributed by atoms with E-state index in [4.69, 9.17) is 44.6 Å². The van der Waals surface area contributed by atoms with E-state index in [-0.39, 0.29) is 52.0 Å². The van der Waals surface area contributed by atoms with Gasteiger partial charge in [-0.15, -0.1) is 12.8 Å². The molecule has 0 bridgehead atoms. The molecule has 6 aliphatic heterocycles. The molecule has 2 atom stereocenters. The molecule has 0 radical (unpaired) electrons. The molecule has 0 saturated carbocycles. The van der Waals surface area contributed by atoms with Crippen molar-refractivity contribution in [2.75, 3.05) is 138 Å². The van der Waals surface area contributed by atoms with E-state index < -0.39 is 132 Å². The van der Waals surface area contributed by atoms with Gasteiger partial charge in [-0.3, -0.25) is 10.3 Å². The number of hydrogen-bond donors (Lipinski definition) is 4. The number of nitrogens with zero attached hydrogens (tertiary/aromatic N) is 7. The molecule has 6 aliphatic rings. The van der Waals surface area contributed by atoms with Gasteiger partial charge in [0.15, 0.2) is 0 Å². The third kappa shape index (κ3) is 36.8. The number of pyridine rings is 1. The number of piperidine rings is 3. The van der Waals surface area contributed by atoms with Gasteiger partial charge in [-0.05, 0) is 182 Å². The number of halogens is 15. The lowest BCUT2D eigenvalue weighted by Gasteiger charge is -2.39. The fourth-order valence-corrected chi connectivity index (χ4v) is 17.2. The Hall–Kier alpha value is -9.47. The predicted molar refractivity (Wildman–Crippen MR) is 455 cm³/mol. The number of sulfonamides is 2. The Bertz CT molecular complexity index is 4830. The lowest BCUT2D eigenvalue weighted by Crippen LogP contribution is -2.49. The molecule has 2 amide bonds. The first kappa shape index (κ1) is 114. The molecular weight excluding hydrogens is 1850 g/mol. The van der Waals surface area contributed by atoms with Gasteiger partial charge in [0.1, 0.15) is 11.4 Å². The van der Waals surface area contributed by atoms with Crippen molar-refractivity contribution in [2.24, 2.45) is 10.8 Å². The third-order valence-corrected chi connectivity index (χ3v) is 25.9. The summed E-state index contributed by atoms with van der Waals surface area (Å²) in [5.74, 6) is -17.0. The molecule has 1 aromatic heterocycles. The molecule has 46 heteroatoms. The molecule has 12 rings (SSSR count). The number of alkyl halides is 9. The molecule has 732 valence electrons. The van der Waals surface area contributed by atoms with Crippen LogP contribution < -0.4 is 25.0 Å². The van der Waals surface area contributed by atoms with Crippen LogP contribution in [0.1, 0.15) is 98.5 Å². The van der Waals surface area contributed by atoms with E-state index in [0.717, 1.165) is 64.8 Å². The average Bonchev–Trinajstić information content (AvgIpc) is 1.59. The van der Waals surface area contributed by atoms with Crippen molar-refractivity contribution in [1.29, 1.82) is 0 Å². The predicted octanol–water partition coefficient (Wildman–Crippen LogP) is 15.1. The number of aliphatic carboxylic acids is 1.